The lowest BCUT2D eigenvalue weighted by atomic mass is 10.3. The van der Waals surface area contributed by atoms with Gasteiger partial charge in [-0.05, 0) is 43.4 Å². The van der Waals surface area contributed by atoms with Crippen LogP contribution >= 0.6 is 23.6 Å². The van der Waals surface area contributed by atoms with Crippen molar-refractivity contribution in [3.05, 3.63) is 46.2 Å². The molecule has 0 aromatic carbocycles. The Morgan fingerprint density at radius 2 is 2.12 bits per heavy atom. The summed E-state index contributed by atoms with van der Waals surface area (Å²) in [6.07, 6.45) is 1.78. The number of hydrogen-bond donors (Lipinski definition) is 0. The zero-order valence-corrected chi connectivity index (χ0v) is 10.8. The summed E-state index contributed by atoms with van der Waals surface area (Å²) in [5.74, 6) is 0.856. The van der Waals surface area contributed by atoms with Gasteiger partial charge in [0.2, 0.25) is 0 Å². The molecule has 0 saturated carbocycles. The first kappa shape index (κ1) is 10.6. The lowest BCUT2D eigenvalue weighted by Gasteiger charge is -2.03. The Labute approximate surface area is 107 Å². The Morgan fingerprint density at radius 3 is 2.94 bits per heavy atom. The fourth-order valence-electron chi connectivity index (χ4n) is 1.73. The first-order valence-electron chi connectivity index (χ1n) is 5.16. The van der Waals surface area contributed by atoms with Crippen molar-refractivity contribution >= 4 is 33.9 Å². The van der Waals surface area contributed by atoms with Crippen molar-refractivity contribution in [1.29, 1.82) is 0 Å². The smallest absolute Gasteiger partial charge is 0.169 e. The van der Waals surface area contributed by atoms with Crippen molar-refractivity contribution in [2.45, 2.75) is 6.92 Å². The van der Waals surface area contributed by atoms with E-state index in [4.69, 9.17) is 12.2 Å². The van der Waals surface area contributed by atoms with Crippen LogP contribution < -0.4 is 0 Å². The fourth-order valence-corrected chi connectivity index (χ4v) is 2.98. The number of aryl methyl sites for hydroxylation is 1. The Bertz CT molecular complexity index is 743. The fraction of sp³-hybridized carbons (Fsp3) is 0.0833. The minimum atomic E-state index is 0.775. The van der Waals surface area contributed by atoms with Gasteiger partial charge in [-0.2, -0.15) is 0 Å². The summed E-state index contributed by atoms with van der Waals surface area (Å²) in [5.41, 5.74) is 1.99. The molecule has 0 amide bonds. The third-order valence-corrected chi connectivity index (χ3v) is 3.76. The third-order valence-electron chi connectivity index (χ3n) is 2.46. The molecule has 3 aromatic heterocycles. The molecular formula is C12H9N3S2. The van der Waals surface area contributed by atoms with Crippen LogP contribution in [0.5, 0.6) is 0 Å². The van der Waals surface area contributed by atoms with E-state index in [1.54, 1.807) is 6.20 Å². The van der Waals surface area contributed by atoms with Crippen molar-refractivity contribution in [2.75, 3.05) is 0 Å². The lowest BCUT2D eigenvalue weighted by molar-refractivity contribution is 1.01. The van der Waals surface area contributed by atoms with Crippen LogP contribution in [-0.2, 0) is 0 Å². The maximum absolute atomic E-state index is 5.38. The maximum atomic E-state index is 5.38. The highest BCUT2D eigenvalue weighted by Crippen LogP contribution is 2.23. The standard InChI is InChI=1S/C12H9N3S2/c1-8-4-2-6-10(14-8)15-9-5-3-7-13-11(9)17-12(15)16/h2-7H,1H3. The molecule has 0 saturated heterocycles. The summed E-state index contributed by atoms with van der Waals surface area (Å²) in [6, 6.07) is 9.84. The van der Waals surface area contributed by atoms with E-state index in [9.17, 15) is 0 Å². The quantitative estimate of drug-likeness (QED) is 0.626. The SMILES string of the molecule is Cc1cccc(-n2c(=S)sc3ncccc32)n1. The molecule has 0 fully saturated rings. The number of nitrogens with zero attached hydrogens (tertiary/aromatic N) is 3. The molecule has 0 unspecified atom stereocenters. The minimum Gasteiger partial charge on any atom is -0.274 e. The Morgan fingerprint density at radius 1 is 1.24 bits per heavy atom. The number of pyridine rings is 2. The van der Waals surface area contributed by atoms with Crippen molar-refractivity contribution in [3.8, 4) is 5.82 Å². The van der Waals surface area contributed by atoms with Gasteiger partial charge in [-0.1, -0.05) is 17.4 Å². The van der Waals surface area contributed by atoms with E-state index in [0.717, 1.165) is 25.8 Å². The van der Waals surface area contributed by atoms with Gasteiger partial charge in [-0.3, -0.25) is 4.57 Å². The minimum absolute atomic E-state index is 0.775. The van der Waals surface area contributed by atoms with E-state index in [0.29, 0.717) is 0 Å². The van der Waals surface area contributed by atoms with Crippen LogP contribution in [0.2, 0.25) is 0 Å². The molecule has 0 aliphatic carbocycles. The van der Waals surface area contributed by atoms with Gasteiger partial charge in [0.15, 0.2) is 3.95 Å². The van der Waals surface area contributed by atoms with Gasteiger partial charge in [0, 0.05) is 11.9 Å². The second kappa shape index (κ2) is 4.01. The molecule has 17 heavy (non-hydrogen) atoms. The number of hydrogen-bond acceptors (Lipinski definition) is 4. The lowest BCUT2D eigenvalue weighted by Crippen LogP contribution is -1.97. The monoisotopic (exact) mass is 259 g/mol. The van der Waals surface area contributed by atoms with Gasteiger partial charge in [-0.15, -0.1) is 0 Å². The highest BCUT2D eigenvalue weighted by molar-refractivity contribution is 7.73. The number of aromatic nitrogens is 3. The Kier molecular flexibility index (Phi) is 2.49. The highest BCUT2D eigenvalue weighted by Gasteiger charge is 2.08. The van der Waals surface area contributed by atoms with Gasteiger partial charge in [0.1, 0.15) is 10.6 Å². The molecule has 5 heteroatoms. The zero-order valence-electron chi connectivity index (χ0n) is 9.12. The van der Waals surface area contributed by atoms with Crippen molar-refractivity contribution < 1.29 is 0 Å². The van der Waals surface area contributed by atoms with Crippen LogP contribution in [0, 0.1) is 10.9 Å². The van der Waals surface area contributed by atoms with Crippen LogP contribution in [0.1, 0.15) is 5.69 Å². The van der Waals surface area contributed by atoms with Crippen LogP contribution in [-0.4, -0.2) is 14.5 Å². The molecule has 0 aliphatic rings. The maximum Gasteiger partial charge on any atom is 0.169 e. The summed E-state index contributed by atoms with van der Waals surface area (Å²) in [7, 11) is 0. The summed E-state index contributed by atoms with van der Waals surface area (Å²) in [6.45, 7) is 1.97. The molecule has 0 atom stereocenters. The van der Waals surface area contributed by atoms with E-state index in [1.165, 1.54) is 11.3 Å². The molecule has 0 N–H and O–H groups in total. The Hall–Kier alpha value is -1.59. The number of rotatable bonds is 1. The van der Waals surface area contributed by atoms with Crippen molar-refractivity contribution in [1.82, 2.24) is 14.5 Å². The first-order valence-corrected chi connectivity index (χ1v) is 6.39. The van der Waals surface area contributed by atoms with Gasteiger partial charge < -0.3 is 0 Å². The Balaban J connectivity index is 2.37. The normalized spacial score (nSPS) is 10.9. The van der Waals surface area contributed by atoms with Gasteiger partial charge in [0.25, 0.3) is 0 Å². The zero-order chi connectivity index (χ0) is 11.8. The molecule has 3 nitrogen and oxygen atoms in total. The first-order chi connectivity index (χ1) is 8.25. The molecule has 0 spiro atoms. The summed E-state index contributed by atoms with van der Waals surface area (Å²) >= 11 is 6.89. The largest absolute Gasteiger partial charge is 0.274 e. The van der Waals surface area contributed by atoms with Crippen molar-refractivity contribution in [2.24, 2.45) is 0 Å². The molecule has 0 bridgehead atoms. The van der Waals surface area contributed by atoms with Crippen LogP contribution in [0.3, 0.4) is 0 Å². The summed E-state index contributed by atoms with van der Waals surface area (Å²) in [5, 5.41) is 0. The van der Waals surface area contributed by atoms with Crippen LogP contribution in [0.4, 0.5) is 0 Å². The summed E-state index contributed by atoms with van der Waals surface area (Å²) in [4.78, 5) is 9.76. The molecule has 3 heterocycles. The summed E-state index contributed by atoms with van der Waals surface area (Å²) < 4.78 is 2.74. The number of fused-ring (bicyclic) bond motifs is 1. The molecule has 3 aromatic rings. The van der Waals surface area contributed by atoms with E-state index >= 15 is 0 Å². The predicted octanol–water partition coefficient (Wildman–Crippen LogP) is 3.52. The van der Waals surface area contributed by atoms with E-state index in [2.05, 4.69) is 9.97 Å². The average Bonchev–Trinajstić information content (AvgIpc) is 2.64. The molecule has 0 aliphatic heterocycles. The second-order valence-electron chi connectivity index (χ2n) is 3.67. The molecule has 0 radical (unpaired) electrons. The van der Waals surface area contributed by atoms with Crippen molar-refractivity contribution in [3.63, 3.8) is 0 Å². The topological polar surface area (TPSA) is 30.7 Å². The molecule has 84 valence electrons. The van der Waals surface area contributed by atoms with Gasteiger partial charge in [-0.25, -0.2) is 9.97 Å². The number of thiazole rings is 1. The van der Waals surface area contributed by atoms with Gasteiger partial charge >= 0.3 is 0 Å². The van der Waals surface area contributed by atoms with Crippen LogP contribution in [0.15, 0.2) is 36.5 Å². The van der Waals surface area contributed by atoms with Gasteiger partial charge in [0.05, 0.1) is 5.52 Å². The highest BCUT2D eigenvalue weighted by atomic mass is 32.1. The van der Waals surface area contributed by atoms with E-state index in [-0.39, 0.29) is 0 Å². The second-order valence-corrected chi connectivity index (χ2v) is 5.29. The predicted molar refractivity (Wildman–Crippen MR) is 72.3 cm³/mol. The molecular weight excluding hydrogens is 250 g/mol. The molecule has 3 rings (SSSR count). The third kappa shape index (κ3) is 1.77. The van der Waals surface area contributed by atoms with Crippen LogP contribution in [0.25, 0.3) is 16.2 Å². The average molecular weight is 259 g/mol. The van der Waals surface area contributed by atoms with E-state index in [1.807, 2.05) is 41.8 Å². The van der Waals surface area contributed by atoms with E-state index < -0.39 is 0 Å².